The zero-order chi connectivity index (χ0) is 19.8. The van der Waals surface area contributed by atoms with Crippen LogP contribution in [-0.2, 0) is 16.6 Å². The second kappa shape index (κ2) is 7.09. The first-order valence-corrected chi connectivity index (χ1v) is 9.89. The van der Waals surface area contributed by atoms with Crippen LogP contribution in [0.2, 0.25) is 0 Å². The number of H-pyrrole nitrogens is 1. The summed E-state index contributed by atoms with van der Waals surface area (Å²) < 4.78 is 27.5. The normalized spacial score (nSPS) is 11.7. The number of pyridine rings is 1. The molecule has 6 nitrogen and oxygen atoms in total. The summed E-state index contributed by atoms with van der Waals surface area (Å²) in [6, 6.07) is 11.3. The highest BCUT2D eigenvalue weighted by atomic mass is 32.2. The van der Waals surface area contributed by atoms with Crippen LogP contribution in [0.15, 0.2) is 52.2 Å². The van der Waals surface area contributed by atoms with Gasteiger partial charge in [-0.25, -0.2) is 13.1 Å². The standard InChI is InChI=1S/C20H20N2O4S/c1-12-7-16-9-17(20(24)22-19(16)8-13(12)2)11-21-27(25,26)18-6-4-5-15(10-18)14(3)23/h4-10,21H,11H2,1-3H3,(H,22,24). The van der Waals surface area contributed by atoms with Gasteiger partial charge in [0, 0.05) is 23.2 Å². The molecule has 0 aliphatic carbocycles. The lowest BCUT2D eigenvalue weighted by Gasteiger charge is -2.09. The average Bonchev–Trinajstić information content (AvgIpc) is 2.62. The van der Waals surface area contributed by atoms with Crippen molar-refractivity contribution in [3.8, 4) is 0 Å². The molecule has 0 saturated heterocycles. The number of aromatic amines is 1. The van der Waals surface area contributed by atoms with E-state index in [0.717, 1.165) is 16.5 Å². The molecule has 0 aliphatic rings. The van der Waals surface area contributed by atoms with Crippen molar-refractivity contribution in [2.45, 2.75) is 32.2 Å². The topological polar surface area (TPSA) is 96.1 Å². The van der Waals surface area contributed by atoms with Gasteiger partial charge in [-0.15, -0.1) is 0 Å². The molecule has 7 heteroatoms. The van der Waals surface area contributed by atoms with E-state index in [1.54, 1.807) is 12.1 Å². The van der Waals surface area contributed by atoms with E-state index in [-0.39, 0.29) is 22.8 Å². The summed E-state index contributed by atoms with van der Waals surface area (Å²) in [6.07, 6.45) is 0. The van der Waals surface area contributed by atoms with E-state index in [4.69, 9.17) is 0 Å². The summed E-state index contributed by atoms with van der Waals surface area (Å²) in [4.78, 5) is 26.5. The second-order valence-electron chi connectivity index (χ2n) is 6.56. The molecular weight excluding hydrogens is 364 g/mol. The lowest BCUT2D eigenvalue weighted by molar-refractivity contribution is 0.101. The minimum absolute atomic E-state index is 0.0149. The molecule has 3 aromatic rings. The van der Waals surface area contributed by atoms with Crippen LogP contribution in [0.25, 0.3) is 10.9 Å². The fraction of sp³-hybridized carbons (Fsp3) is 0.200. The van der Waals surface area contributed by atoms with E-state index in [0.29, 0.717) is 16.6 Å². The third-order valence-electron chi connectivity index (χ3n) is 4.54. The second-order valence-corrected chi connectivity index (χ2v) is 8.32. The lowest BCUT2D eigenvalue weighted by Crippen LogP contribution is -2.27. The first-order chi connectivity index (χ1) is 12.7. The summed E-state index contributed by atoms with van der Waals surface area (Å²) in [7, 11) is -3.85. The number of fused-ring (bicyclic) bond motifs is 1. The van der Waals surface area contributed by atoms with Gasteiger partial charge < -0.3 is 4.98 Å². The number of sulfonamides is 1. The number of Topliss-reactive ketones (excluding diaryl/α,β-unsaturated/α-hetero) is 1. The Bertz CT molecular complexity index is 1210. The summed E-state index contributed by atoms with van der Waals surface area (Å²) >= 11 is 0. The van der Waals surface area contributed by atoms with E-state index in [1.807, 2.05) is 26.0 Å². The van der Waals surface area contributed by atoms with Gasteiger partial charge in [0.25, 0.3) is 5.56 Å². The summed E-state index contributed by atoms with van der Waals surface area (Å²) in [5.41, 5.74) is 3.15. The van der Waals surface area contributed by atoms with Gasteiger partial charge in [0.2, 0.25) is 10.0 Å². The van der Waals surface area contributed by atoms with E-state index < -0.39 is 10.0 Å². The van der Waals surface area contributed by atoms with E-state index in [9.17, 15) is 18.0 Å². The van der Waals surface area contributed by atoms with Gasteiger partial charge in [-0.05, 0) is 67.6 Å². The Morgan fingerprint density at radius 2 is 1.78 bits per heavy atom. The number of ketones is 1. The Kier molecular flexibility index (Phi) is 4.99. The molecule has 2 aromatic carbocycles. The first kappa shape index (κ1) is 19.0. The molecule has 0 fully saturated rings. The van der Waals surface area contributed by atoms with Crippen LogP contribution < -0.4 is 10.3 Å². The highest BCUT2D eigenvalue weighted by Gasteiger charge is 2.16. The molecule has 27 heavy (non-hydrogen) atoms. The molecule has 0 atom stereocenters. The van der Waals surface area contributed by atoms with Gasteiger partial charge in [0.1, 0.15) is 0 Å². The molecule has 0 spiro atoms. The minimum Gasteiger partial charge on any atom is -0.322 e. The zero-order valence-corrected chi connectivity index (χ0v) is 16.1. The van der Waals surface area contributed by atoms with Crippen LogP contribution in [0.3, 0.4) is 0 Å². The quantitative estimate of drug-likeness (QED) is 0.661. The third kappa shape index (κ3) is 3.99. The molecule has 1 aromatic heterocycles. The van der Waals surface area contributed by atoms with Gasteiger partial charge in [0.15, 0.2) is 5.78 Å². The Hall–Kier alpha value is -2.77. The first-order valence-electron chi connectivity index (χ1n) is 8.41. The molecule has 3 rings (SSSR count). The van der Waals surface area contributed by atoms with Gasteiger partial charge >= 0.3 is 0 Å². The van der Waals surface area contributed by atoms with E-state index in [2.05, 4.69) is 9.71 Å². The molecule has 2 N–H and O–H groups in total. The van der Waals surface area contributed by atoms with Crippen LogP contribution in [0.5, 0.6) is 0 Å². The van der Waals surface area contributed by atoms with E-state index in [1.165, 1.54) is 25.1 Å². The number of benzene rings is 2. The molecule has 0 saturated carbocycles. The summed E-state index contributed by atoms with van der Waals surface area (Å²) in [5, 5.41) is 0.838. The van der Waals surface area contributed by atoms with Crippen molar-refractivity contribution in [2.75, 3.05) is 0 Å². The highest BCUT2D eigenvalue weighted by Crippen LogP contribution is 2.18. The minimum atomic E-state index is -3.85. The Morgan fingerprint density at radius 1 is 1.07 bits per heavy atom. The SMILES string of the molecule is CC(=O)c1cccc(S(=O)(=O)NCc2cc3cc(C)c(C)cc3[nH]c2=O)c1. The Morgan fingerprint density at radius 3 is 2.48 bits per heavy atom. The van der Waals surface area contributed by atoms with Crippen LogP contribution in [-0.4, -0.2) is 19.2 Å². The van der Waals surface area contributed by atoms with Crippen molar-refractivity contribution in [1.82, 2.24) is 9.71 Å². The molecule has 0 aliphatic heterocycles. The third-order valence-corrected chi connectivity index (χ3v) is 5.94. The number of hydrogen-bond donors (Lipinski definition) is 2. The Balaban J connectivity index is 1.90. The zero-order valence-electron chi connectivity index (χ0n) is 15.3. The number of carbonyl (C=O) groups excluding carboxylic acids is 1. The van der Waals surface area contributed by atoms with Gasteiger partial charge in [0.05, 0.1) is 4.90 Å². The van der Waals surface area contributed by atoms with Crippen molar-refractivity contribution in [1.29, 1.82) is 0 Å². The van der Waals surface area contributed by atoms with Crippen molar-refractivity contribution >= 4 is 26.7 Å². The van der Waals surface area contributed by atoms with Crippen molar-refractivity contribution < 1.29 is 13.2 Å². The maximum Gasteiger partial charge on any atom is 0.252 e. The molecule has 0 unspecified atom stereocenters. The molecule has 0 bridgehead atoms. The van der Waals surface area contributed by atoms with Crippen LogP contribution >= 0.6 is 0 Å². The van der Waals surface area contributed by atoms with Crippen LogP contribution in [0, 0.1) is 13.8 Å². The van der Waals surface area contributed by atoms with Crippen LogP contribution in [0.1, 0.15) is 34.0 Å². The van der Waals surface area contributed by atoms with Crippen molar-refractivity contribution in [3.63, 3.8) is 0 Å². The Labute approximate surface area is 157 Å². The molecule has 1 heterocycles. The number of rotatable bonds is 5. The maximum absolute atomic E-state index is 12.5. The van der Waals surface area contributed by atoms with E-state index >= 15 is 0 Å². The summed E-state index contributed by atoms with van der Waals surface area (Å²) in [5.74, 6) is -0.219. The van der Waals surface area contributed by atoms with Gasteiger partial charge in [-0.1, -0.05) is 12.1 Å². The smallest absolute Gasteiger partial charge is 0.252 e. The average molecular weight is 384 g/mol. The number of aromatic nitrogens is 1. The largest absolute Gasteiger partial charge is 0.322 e. The summed E-state index contributed by atoms with van der Waals surface area (Å²) in [6.45, 7) is 5.16. The predicted molar refractivity (Wildman–Crippen MR) is 105 cm³/mol. The lowest BCUT2D eigenvalue weighted by atomic mass is 10.1. The monoisotopic (exact) mass is 384 g/mol. The molecule has 0 radical (unpaired) electrons. The number of aryl methyl sites for hydroxylation is 2. The van der Waals surface area contributed by atoms with Crippen LogP contribution in [0.4, 0.5) is 0 Å². The number of nitrogens with one attached hydrogen (secondary N) is 2. The number of hydrogen-bond acceptors (Lipinski definition) is 4. The van der Waals surface area contributed by atoms with Gasteiger partial charge in [-0.2, -0.15) is 0 Å². The fourth-order valence-corrected chi connectivity index (χ4v) is 3.84. The van der Waals surface area contributed by atoms with Gasteiger partial charge in [-0.3, -0.25) is 9.59 Å². The molecular formula is C20H20N2O4S. The predicted octanol–water partition coefficient (Wildman–Crippen LogP) is 2.83. The fourth-order valence-electron chi connectivity index (χ4n) is 2.79. The highest BCUT2D eigenvalue weighted by molar-refractivity contribution is 7.89. The van der Waals surface area contributed by atoms with Crippen molar-refractivity contribution in [3.05, 3.63) is 75.1 Å². The molecule has 0 amide bonds. The van der Waals surface area contributed by atoms with Crippen molar-refractivity contribution in [2.24, 2.45) is 0 Å². The number of carbonyl (C=O) groups is 1. The maximum atomic E-state index is 12.5. The molecule has 140 valence electrons.